The predicted molar refractivity (Wildman–Crippen MR) is 113 cm³/mol. The van der Waals surface area contributed by atoms with E-state index in [1.165, 1.54) is 12.5 Å². The Morgan fingerprint density at radius 2 is 1.70 bits per heavy atom. The number of urea groups is 1. The van der Waals surface area contributed by atoms with Crippen LogP contribution < -0.4 is 21.5 Å². The maximum absolute atomic E-state index is 12.5. The fourth-order valence-corrected chi connectivity index (χ4v) is 3.00. The number of carbonyl (C=O) groups is 2. The molecule has 0 radical (unpaired) electrons. The summed E-state index contributed by atoms with van der Waals surface area (Å²) in [5.41, 5.74) is 2.23. The smallest absolute Gasteiger partial charge is 0.323 e. The van der Waals surface area contributed by atoms with Gasteiger partial charge < -0.3 is 25.9 Å². The summed E-state index contributed by atoms with van der Waals surface area (Å²) < 4.78 is 0. The van der Waals surface area contributed by atoms with E-state index in [9.17, 15) is 14.4 Å². The van der Waals surface area contributed by atoms with Gasteiger partial charge >= 0.3 is 6.03 Å². The second-order valence-corrected chi connectivity index (χ2v) is 6.49. The molecule has 2 aromatic carbocycles. The molecule has 0 atom stereocenters. The van der Waals surface area contributed by atoms with Crippen LogP contribution in [0.2, 0.25) is 0 Å². The highest BCUT2D eigenvalue weighted by Crippen LogP contribution is 2.14. The van der Waals surface area contributed by atoms with E-state index in [1.807, 2.05) is 24.3 Å². The maximum atomic E-state index is 12.5. The molecule has 0 saturated heterocycles. The van der Waals surface area contributed by atoms with Gasteiger partial charge in [0.1, 0.15) is 5.65 Å². The summed E-state index contributed by atoms with van der Waals surface area (Å²) in [6.45, 7) is 0.222. The van der Waals surface area contributed by atoms with Crippen molar-refractivity contribution < 1.29 is 9.59 Å². The fraction of sp³-hybridized carbons (Fsp3) is 0.0476. The van der Waals surface area contributed by atoms with Crippen molar-refractivity contribution in [3.63, 3.8) is 0 Å². The van der Waals surface area contributed by atoms with Gasteiger partial charge in [-0.15, -0.1) is 0 Å². The van der Waals surface area contributed by atoms with Crippen molar-refractivity contribution in [3.05, 3.63) is 88.6 Å². The average Bonchev–Trinajstić information content (AvgIpc) is 3.19. The molecule has 0 spiro atoms. The van der Waals surface area contributed by atoms with Crippen molar-refractivity contribution in [3.8, 4) is 0 Å². The molecule has 4 rings (SSSR count). The number of nitrogens with one attached hydrogen (secondary N) is 5. The number of hydrogen-bond acceptors (Lipinski definition) is 4. The van der Waals surface area contributed by atoms with Gasteiger partial charge in [-0.2, -0.15) is 0 Å². The maximum Gasteiger partial charge on any atom is 0.323 e. The Bertz CT molecular complexity index is 1260. The molecule has 3 amide bonds. The van der Waals surface area contributed by atoms with Gasteiger partial charge in [0.05, 0.1) is 17.3 Å². The normalized spacial score (nSPS) is 10.5. The molecule has 0 unspecified atom stereocenters. The van der Waals surface area contributed by atoms with Crippen LogP contribution >= 0.6 is 0 Å². The van der Waals surface area contributed by atoms with Crippen LogP contribution in [0.15, 0.2) is 71.9 Å². The van der Waals surface area contributed by atoms with E-state index >= 15 is 0 Å². The first kappa shape index (κ1) is 18.9. The molecule has 4 aromatic rings. The lowest BCUT2D eigenvalue weighted by molar-refractivity contribution is 0.0952. The Balaban J connectivity index is 1.40. The molecule has 0 saturated carbocycles. The third kappa shape index (κ3) is 4.20. The number of aromatic nitrogens is 3. The SMILES string of the molecule is O=C(Nc1ccccc1)Nc1cccc(CNC(=O)c2c[nH]c3nc[nH]c(=O)c23)c1. The highest BCUT2D eigenvalue weighted by atomic mass is 16.2. The lowest BCUT2D eigenvalue weighted by Crippen LogP contribution is -2.24. The second kappa shape index (κ2) is 8.31. The summed E-state index contributed by atoms with van der Waals surface area (Å²) in [6.07, 6.45) is 2.73. The van der Waals surface area contributed by atoms with Crippen LogP contribution in [0.25, 0.3) is 11.0 Å². The van der Waals surface area contributed by atoms with E-state index < -0.39 is 5.91 Å². The number of anilines is 2. The average molecular weight is 402 g/mol. The van der Waals surface area contributed by atoms with Gasteiger partial charge in [0, 0.05) is 24.1 Å². The third-order valence-corrected chi connectivity index (χ3v) is 4.39. The topological polar surface area (TPSA) is 132 Å². The first-order chi connectivity index (χ1) is 14.6. The van der Waals surface area contributed by atoms with E-state index in [4.69, 9.17) is 0 Å². The molecule has 9 nitrogen and oxygen atoms in total. The Labute approximate surface area is 170 Å². The quantitative estimate of drug-likeness (QED) is 0.351. The van der Waals surface area contributed by atoms with Crippen molar-refractivity contribution in [2.75, 3.05) is 10.6 Å². The summed E-state index contributed by atoms with van der Waals surface area (Å²) in [6, 6.07) is 15.8. The summed E-state index contributed by atoms with van der Waals surface area (Å²) in [4.78, 5) is 45.9. The van der Waals surface area contributed by atoms with Gasteiger partial charge in [-0.25, -0.2) is 9.78 Å². The fourth-order valence-electron chi connectivity index (χ4n) is 3.00. The highest BCUT2D eigenvalue weighted by Gasteiger charge is 2.15. The van der Waals surface area contributed by atoms with Crippen molar-refractivity contribution >= 4 is 34.3 Å². The number of rotatable bonds is 5. The zero-order valence-electron chi connectivity index (χ0n) is 15.7. The number of nitrogens with zero attached hydrogens (tertiary/aromatic N) is 1. The number of hydrogen-bond donors (Lipinski definition) is 5. The Kier molecular flexibility index (Phi) is 5.25. The zero-order valence-corrected chi connectivity index (χ0v) is 15.7. The summed E-state index contributed by atoms with van der Waals surface area (Å²) in [5.74, 6) is -0.403. The van der Waals surface area contributed by atoms with Crippen LogP contribution in [-0.4, -0.2) is 26.9 Å². The third-order valence-electron chi connectivity index (χ3n) is 4.39. The molecule has 9 heteroatoms. The van der Waals surface area contributed by atoms with Crippen LogP contribution in [0.4, 0.5) is 16.2 Å². The van der Waals surface area contributed by atoms with Crippen molar-refractivity contribution in [1.82, 2.24) is 20.3 Å². The number of amides is 3. The van der Waals surface area contributed by atoms with E-state index in [-0.39, 0.29) is 29.1 Å². The highest BCUT2D eigenvalue weighted by molar-refractivity contribution is 6.05. The Hall–Kier alpha value is -4.40. The molecule has 0 bridgehead atoms. The largest absolute Gasteiger partial charge is 0.348 e. The van der Waals surface area contributed by atoms with Gasteiger partial charge in [0.2, 0.25) is 0 Å². The first-order valence-corrected chi connectivity index (χ1v) is 9.15. The van der Waals surface area contributed by atoms with Gasteiger partial charge in [0.25, 0.3) is 11.5 Å². The van der Waals surface area contributed by atoms with Crippen molar-refractivity contribution in [1.29, 1.82) is 0 Å². The monoisotopic (exact) mass is 402 g/mol. The van der Waals surface area contributed by atoms with Crippen LogP contribution in [0, 0.1) is 0 Å². The lowest BCUT2D eigenvalue weighted by atomic mass is 10.2. The molecule has 2 heterocycles. The van der Waals surface area contributed by atoms with Crippen LogP contribution in [0.5, 0.6) is 0 Å². The van der Waals surface area contributed by atoms with Crippen LogP contribution in [-0.2, 0) is 6.54 Å². The second-order valence-electron chi connectivity index (χ2n) is 6.49. The zero-order chi connectivity index (χ0) is 20.9. The molecule has 0 aliphatic rings. The number of carbonyl (C=O) groups excluding carboxylic acids is 2. The van der Waals surface area contributed by atoms with Gasteiger partial charge in [-0.1, -0.05) is 30.3 Å². The molecule has 0 aliphatic heterocycles. The van der Waals surface area contributed by atoms with Gasteiger partial charge in [0.15, 0.2) is 0 Å². The molecular weight excluding hydrogens is 384 g/mol. The Morgan fingerprint density at radius 3 is 2.53 bits per heavy atom. The van der Waals surface area contributed by atoms with E-state index in [0.29, 0.717) is 17.0 Å². The molecule has 0 fully saturated rings. The molecule has 30 heavy (non-hydrogen) atoms. The molecule has 2 aromatic heterocycles. The van der Waals surface area contributed by atoms with Crippen molar-refractivity contribution in [2.45, 2.75) is 6.54 Å². The van der Waals surface area contributed by atoms with Gasteiger partial charge in [-0.3, -0.25) is 9.59 Å². The minimum Gasteiger partial charge on any atom is -0.348 e. The van der Waals surface area contributed by atoms with Crippen molar-refractivity contribution in [2.24, 2.45) is 0 Å². The lowest BCUT2D eigenvalue weighted by Gasteiger charge is -2.10. The molecule has 0 aliphatic carbocycles. The van der Waals surface area contributed by atoms with Crippen LogP contribution in [0.3, 0.4) is 0 Å². The summed E-state index contributed by atoms with van der Waals surface area (Å²) in [7, 11) is 0. The minimum atomic E-state index is -0.403. The number of para-hydroxylation sites is 1. The molecular formula is C21H18N6O3. The summed E-state index contributed by atoms with van der Waals surface area (Å²) in [5, 5.41) is 8.48. The van der Waals surface area contributed by atoms with E-state index in [0.717, 1.165) is 5.56 Å². The molecule has 5 N–H and O–H groups in total. The predicted octanol–water partition coefficient (Wildman–Crippen LogP) is 2.83. The standard InChI is InChI=1S/C21H18N6O3/c28-19(16-11-22-18-17(16)20(29)25-12-24-18)23-10-13-5-4-8-15(9-13)27-21(30)26-14-6-2-1-3-7-14/h1-9,11-12H,10H2,(H,23,28)(H2,26,27,30)(H2,22,24,25,29). The number of fused-ring (bicyclic) bond motifs is 1. The number of H-pyrrole nitrogens is 2. The molecule has 150 valence electrons. The summed E-state index contributed by atoms with van der Waals surface area (Å²) >= 11 is 0. The van der Waals surface area contributed by atoms with E-state index in [2.05, 4.69) is 30.9 Å². The van der Waals surface area contributed by atoms with Crippen LogP contribution in [0.1, 0.15) is 15.9 Å². The minimum absolute atomic E-state index is 0.211. The Morgan fingerprint density at radius 1 is 0.933 bits per heavy atom. The van der Waals surface area contributed by atoms with E-state index in [1.54, 1.807) is 30.3 Å². The number of aromatic amines is 2. The number of benzene rings is 2. The first-order valence-electron chi connectivity index (χ1n) is 9.15. The van der Waals surface area contributed by atoms with Gasteiger partial charge in [-0.05, 0) is 29.8 Å².